The van der Waals surface area contributed by atoms with Gasteiger partial charge in [0.15, 0.2) is 0 Å². The van der Waals surface area contributed by atoms with Crippen molar-refractivity contribution < 1.29 is 14.6 Å². The second-order valence-electron chi connectivity index (χ2n) is 9.39. The number of nitrogens with one attached hydrogen (secondary N) is 1. The van der Waals surface area contributed by atoms with E-state index in [-0.39, 0.29) is 17.9 Å². The first kappa shape index (κ1) is 23.3. The van der Waals surface area contributed by atoms with Crippen LogP contribution in [0.5, 0.6) is 5.75 Å². The molecule has 2 N–H and O–H groups in total. The molecule has 3 rings (SSSR count). The van der Waals surface area contributed by atoms with Crippen LogP contribution in [-0.4, -0.2) is 24.2 Å². The van der Waals surface area contributed by atoms with Crippen molar-refractivity contribution in [3.63, 3.8) is 0 Å². The van der Waals surface area contributed by atoms with Gasteiger partial charge in [0.05, 0.1) is 13.2 Å². The van der Waals surface area contributed by atoms with Crippen molar-refractivity contribution in [3.05, 3.63) is 65.8 Å². The van der Waals surface area contributed by atoms with Gasteiger partial charge in [-0.25, -0.2) is 0 Å². The quantitative estimate of drug-likeness (QED) is 0.388. The van der Waals surface area contributed by atoms with Gasteiger partial charge in [0, 0.05) is 12.1 Å². The standard InChI is InChI=1S/C27H37NO3/c1-17-12-13-22-14-19(3)26(29)20(4)25(22)24(17)11-6-8-18(2)27(30)28-16-21-9-7-10-23(15-21)31-5/h6-13,15,17,19-20,22,24-26,29H,14,16H2,1-5H3,(H,28,30)/b11-6+,18-8+/t17-,19+,20-,22-,24-,25-,26-/m0/s1. The molecule has 0 heterocycles. The minimum atomic E-state index is -0.240. The third kappa shape index (κ3) is 5.48. The minimum Gasteiger partial charge on any atom is -0.497 e. The fraction of sp³-hybridized carbons (Fsp3) is 0.519. The summed E-state index contributed by atoms with van der Waals surface area (Å²) < 4.78 is 5.23. The smallest absolute Gasteiger partial charge is 0.247 e. The predicted molar refractivity (Wildman–Crippen MR) is 125 cm³/mol. The van der Waals surface area contributed by atoms with Crippen LogP contribution >= 0.6 is 0 Å². The van der Waals surface area contributed by atoms with E-state index in [2.05, 4.69) is 44.3 Å². The van der Waals surface area contributed by atoms with E-state index in [0.29, 0.717) is 41.7 Å². The van der Waals surface area contributed by atoms with E-state index in [1.807, 2.05) is 43.3 Å². The molecule has 0 bridgehead atoms. The number of carbonyl (C=O) groups is 1. The predicted octanol–water partition coefficient (Wildman–Crippen LogP) is 4.91. The number of fused-ring (bicyclic) bond motifs is 1. The molecule has 1 fully saturated rings. The summed E-state index contributed by atoms with van der Waals surface area (Å²) in [7, 11) is 1.64. The van der Waals surface area contributed by atoms with Crippen molar-refractivity contribution in [1.82, 2.24) is 5.32 Å². The Bertz CT molecular complexity index is 856. The van der Waals surface area contributed by atoms with Gasteiger partial charge in [0.2, 0.25) is 5.91 Å². The van der Waals surface area contributed by atoms with Crippen LogP contribution in [0.4, 0.5) is 0 Å². The van der Waals surface area contributed by atoms with Crippen LogP contribution in [0.1, 0.15) is 39.7 Å². The van der Waals surface area contributed by atoms with Crippen LogP contribution in [0.3, 0.4) is 0 Å². The Labute approximate surface area is 187 Å². The highest BCUT2D eigenvalue weighted by Gasteiger charge is 2.44. The summed E-state index contributed by atoms with van der Waals surface area (Å²) in [6.45, 7) is 8.90. The molecule has 0 unspecified atom stereocenters. The first-order valence-electron chi connectivity index (χ1n) is 11.4. The third-order valence-corrected chi connectivity index (χ3v) is 7.21. The lowest BCUT2D eigenvalue weighted by molar-refractivity contribution is -0.117. The monoisotopic (exact) mass is 423 g/mol. The van der Waals surface area contributed by atoms with Crippen LogP contribution in [0.2, 0.25) is 0 Å². The van der Waals surface area contributed by atoms with Gasteiger partial charge in [-0.15, -0.1) is 0 Å². The largest absolute Gasteiger partial charge is 0.497 e. The lowest BCUT2D eigenvalue weighted by Crippen LogP contribution is -2.46. The highest BCUT2D eigenvalue weighted by molar-refractivity contribution is 5.93. The van der Waals surface area contributed by atoms with E-state index in [1.54, 1.807) is 7.11 Å². The normalized spacial score (nSPS) is 33.2. The molecular weight excluding hydrogens is 386 g/mol. The summed E-state index contributed by atoms with van der Waals surface area (Å²) in [6.07, 6.45) is 11.7. The molecule has 4 heteroatoms. The van der Waals surface area contributed by atoms with Crippen molar-refractivity contribution in [2.24, 2.45) is 35.5 Å². The molecule has 7 atom stereocenters. The lowest BCUT2D eigenvalue weighted by Gasteiger charge is -2.48. The topological polar surface area (TPSA) is 58.6 Å². The summed E-state index contributed by atoms with van der Waals surface area (Å²) in [6, 6.07) is 7.70. The van der Waals surface area contributed by atoms with Crippen molar-refractivity contribution in [3.8, 4) is 5.75 Å². The van der Waals surface area contributed by atoms with Gasteiger partial charge < -0.3 is 15.2 Å². The molecule has 2 aliphatic carbocycles. The first-order valence-corrected chi connectivity index (χ1v) is 11.4. The van der Waals surface area contributed by atoms with E-state index in [0.717, 1.165) is 17.7 Å². The molecule has 0 saturated heterocycles. The molecule has 31 heavy (non-hydrogen) atoms. The van der Waals surface area contributed by atoms with Gasteiger partial charge in [-0.3, -0.25) is 4.79 Å². The molecule has 0 aromatic heterocycles. The number of aliphatic hydroxyl groups excluding tert-OH is 1. The molecule has 0 aliphatic heterocycles. The molecule has 4 nitrogen and oxygen atoms in total. The number of allylic oxidation sites excluding steroid dienone is 5. The average molecular weight is 424 g/mol. The maximum Gasteiger partial charge on any atom is 0.247 e. The number of carbonyl (C=O) groups excluding carboxylic acids is 1. The van der Waals surface area contributed by atoms with Crippen molar-refractivity contribution in [2.45, 2.75) is 46.8 Å². The van der Waals surface area contributed by atoms with Gasteiger partial charge >= 0.3 is 0 Å². The van der Waals surface area contributed by atoms with E-state index in [4.69, 9.17) is 4.74 Å². The van der Waals surface area contributed by atoms with E-state index < -0.39 is 0 Å². The lowest BCUT2D eigenvalue weighted by atomic mass is 9.58. The van der Waals surface area contributed by atoms with Crippen LogP contribution in [0, 0.1) is 35.5 Å². The molecule has 1 amide bonds. The molecule has 0 radical (unpaired) electrons. The van der Waals surface area contributed by atoms with Crippen LogP contribution < -0.4 is 10.1 Å². The Morgan fingerprint density at radius 3 is 2.77 bits per heavy atom. The molecule has 1 saturated carbocycles. The molecule has 168 valence electrons. The Morgan fingerprint density at radius 2 is 2.03 bits per heavy atom. The number of hydrogen-bond acceptors (Lipinski definition) is 3. The van der Waals surface area contributed by atoms with Gasteiger partial charge in [0.25, 0.3) is 0 Å². The van der Waals surface area contributed by atoms with Crippen LogP contribution in [-0.2, 0) is 11.3 Å². The number of aliphatic hydroxyl groups is 1. The van der Waals surface area contributed by atoms with E-state index >= 15 is 0 Å². The van der Waals surface area contributed by atoms with E-state index in [9.17, 15) is 9.90 Å². The van der Waals surface area contributed by atoms with Gasteiger partial charge in [0.1, 0.15) is 5.75 Å². The van der Waals surface area contributed by atoms with Gasteiger partial charge in [-0.1, -0.05) is 63.3 Å². The molecule has 0 spiro atoms. The first-order chi connectivity index (χ1) is 14.8. The number of hydrogen-bond donors (Lipinski definition) is 2. The summed E-state index contributed by atoms with van der Waals surface area (Å²) in [5.74, 6) is 3.09. The average Bonchev–Trinajstić information content (AvgIpc) is 2.77. The number of amides is 1. The Kier molecular flexibility index (Phi) is 7.77. The fourth-order valence-electron chi connectivity index (χ4n) is 5.31. The third-order valence-electron chi connectivity index (χ3n) is 7.21. The number of rotatable bonds is 6. The van der Waals surface area contributed by atoms with Gasteiger partial charge in [-0.2, -0.15) is 0 Å². The highest BCUT2D eigenvalue weighted by Crippen LogP contribution is 2.48. The summed E-state index contributed by atoms with van der Waals surface area (Å²) in [5.41, 5.74) is 1.68. The van der Waals surface area contributed by atoms with Crippen molar-refractivity contribution in [1.29, 1.82) is 0 Å². The number of methoxy groups -OCH3 is 1. The minimum absolute atomic E-state index is 0.0720. The zero-order valence-electron chi connectivity index (χ0n) is 19.4. The van der Waals surface area contributed by atoms with E-state index in [1.165, 1.54) is 0 Å². The Morgan fingerprint density at radius 1 is 1.26 bits per heavy atom. The second kappa shape index (κ2) is 10.3. The zero-order chi connectivity index (χ0) is 22.5. The summed E-state index contributed by atoms with van der Waals surface area (Å²) >= 11 is 0. The molecular formula is C27H37NO3. The number of ether oxygens (including phenoxy) is 1. The van der Waals surface area contributed by atoms with Crippen molar-refractivity contribution >= 4 is 5.91 Å². The maximum atomic E-state index is 12.5. The van der Waals surface area contributed by atoms with Gasteiger partial charge in [-0.05, 0) is 66.5 Å². The Balaban J connectivity index is 1.63. The SMILES string of the molecule is COc1cccc(CNC(=O)/C(C)=C/C=C/[C@@H]2[C@H]3[C@H](C)[C@@H](O)[C@H](C)C[C@@H]3C=C[C@@H]2C)c1. The molecule has 1 aromatic rings. The molecule has 2 aliphatic rings. The zero-order valence-corrected chi connectivity index (χ0v) is 19.4. The van der Waals surface area contributed by atoms with Crippen LogP contribution in [0.15, 0.2) is 60.2 Å². The fourth-order valence-corrected chi connectivity index (χ4v) is 5.31. The second-order valence-corrected chi connectivity index (χ2v) is 9.39. The Hall–Kier alpha value is -2.33. The van der Waals surface area contributed by atoms with Crippen molar-refractivity contribution in [2.75, 3.05) is 7.11 Å². The summed E-state index contributed by atoms with van der Waals surface area (Å²) in [5, 5.41) is 13.6. The summed E-state index contributed by atoms with van der Waals surface area (Å²) in [4.78, 5) is 12.5. The maximum absolute atomic E-state index is 12.5. The number of benzene rings is 1. The van der Waals surface area contributed by atoms with Crippen LogP contribution in [0.25, 0.3) is 0 Å². The molecule has 1 aromatic carbocycles. The highest BCUT2D eigenvalue weighted by atomic mass is 16.5.